The molecule has 0 aliphatic heterocycles. The van der Waals surface area contributed by atoms with E-state index < -0.39 is 7.37 Å². The number of hydrogen-bond acceptors (Lipinski definition) is 2. The van der Waals surface area contributed by atoms with E-state index in [2.05, 4.69) is 15.9 Å². The molecular formula is C7H16BrO2P. The molecule has 0 N–H and O–H groups in total. The topological polar surface area (TPSA) is 26.3 Å². The molecule has 0 aromatic carbocycles. The molecule has 0 rings (SSSR count). The number of hydrogen-bond donors (Lipinski definition) is 0. The van der Waals surface area contributed by atoms with Crippen LogP contribution in [0.25, 0.3) is 0 Å². The molecule has 4 heteroatoms. The van der Waals surface area contributed by atoms with Crippen LogP contribution in [-0.4, -0.2) is 24.3 Å². The van der Waals surface area contributed by atoms with E-state index in [9.17, 15) is 4.57 Å². The van der Waals surface area contributed by atoms with Crippen LogP contribution in [0.4, 0.5) is 0 Å². The lowest BCUT2D eigenvalue weighted by atomic mass is 10.6. The minimum Gasteiger partial charge on any atom is -0.328 e. The van der Waals surface area contributed by atoms with Gasteiger partial charge in [0.2, 0.25) is 7.37 Å². The molecule has 0 fully saturated rings. The normalized spacial score (nSPS) is 16.3. The Kier molecular flexibility index (Phi) is 6.59. The number of halogens is 1. The van der Waals surface area contributed by atoms with Crippen LogP contribution >= 0.6 is 23.3 Å². The third kappa shape index (κ3) is 5.00. The van der Waals surface area contributed by atoms with E-state index in [0.717, 1.165) is 17.9 Å². The molecule has 0 saturated heterocycles. The largest absolute Gasteiger partial charge is 0.328 e. The van der Waals surface area contributed by atoms with Crippen molar-refractivity contribution in [3.63, 3.8) is 0 Å². The van der Waals surface area contributed by atoms with Gasteiger partial charge in [-0.05, 0) is 6.42 Å². The van der Waals surface area contributed by atoms with Gasteiger partial charge in [0.1, 0.15) is 0 Å². The third-order valence-corrected chi connectivity index (χ3v) is 4.52. The molecule has 0 amide bonds. The van der Waals surface area contributed by atoms with Gasteiger partial charge >= 0.3 is 0 Å². The van der Waals surface area contributed by atoms with Crippen LogP contribution in [-0.2, 0) is 9.09 Å². The Labute approximate surface area is 77.3 Å². The van der Waals surface area contributed by atoms with Crippen molar-refractivity contribution >= 4 is 23.3 Å². The molecule has 0 aliphatic rings. The van der Waals surface area contributed by atoms with E-state index in [-0.39, 0.29) is 0 Å². The minimum atomic E-state index is -2.25. The summed E-state index contributed by atoms with van der Waals surface area (Å²) in [5, 5.41) is 0.765. The predicted octanol–water partition coefficient (Wildman–Crippen LogP) is 3.11. The van der Waals surface area contributed by atoms with Gasteiger partial charge in [-0.15, -0.1) is 0 Å². The van der Waals surface area contributed by atoms with Crippen molar-refractivity contribution in [2.24, 2.45) is 0 Å². The van der Waals surface area contributed by atoms with Crippen molar-refractivity contribution < 1.29 is 9.09 Å². The summed E-state index contributed by atoms with van der Waals surface area (Å²) in [5.74, 6) is 0. The highest BCUT2D eigenvalue weighted by molar-refractivity contribution is 9.09. The standard InChI is InChI=1S/C7H16BrO2P/c1-3-7-11(9,4-2)10-6-5-8/h3-7H2,1-2H3. The molecule has 2 nitrogen and oxygen atoms in total. The van der Waals surface area contributed by atoms with Crippen molar-refractivity contribution in [1.29, 1.82) is 0 Å². The second-order valence-electron chi connectivity index (χ2n) is 2.38. The molecule has 0 aliphatic carbocycles. The SMILES string of the molecule is CCCP(=O)(CC)OCCBr. The number of rotatable bonds is 6. The Hall–Kier alpha value is 0.670. The third-order valence-electron chi connectivity index (χ3n) is 1.45. The monoisotopic (exact) mass is 242 g/mol. The van der Waals surface area contributed by atoms with E-state index in [1.54, 1.807) is 0 Å². The van der Waals surface area contributed by atoms with Gasteiger partial charge in [-0.1, -0.05) is 29.8 Å². The molecule has 0 aromatic heterocycles. The van der Waals surface area contributed by atoms with E-state index in [1.807, 2.05) is 13.8 Å². The molecule has 0 spiro atoms. The van der Waals surface area contributed by atoms with Gasteiger partial charge in [-0.3, -0.25) is 4.57 Å². The van der Waals surface area contributed by atoms with Crippen molar-refractivity contribution in [2.45, 2.75) is 20.3 Å². The lowest BCUT2D eigenvalue weighted by Gasteiger charge is -2.14. The second kappa shape index (κ2) is 6.22. The van der Waals surface area contributed by atoms with Crippen LogP contribution in [0.15, 0.2) is 0 Å². The Bertz CT molecular complexity index is 138. The van der Waals surface area contributed by atoms with Crippen LogP contribution in [0.2, 0.25) is 0 Å². The lowest BCUT2D eigenvalue weighted by molar-refractivity contribution is 0.337. The summed E-state index contributed by atoms with van der Waals surface area (Å²) in [6, 6.07) is 0. The molecular weight excluding hydrogens is 227 g/mol. The highest BCUT2D eigenvalue weighted by Gasteiger charge is 2.18. The fraction of sp³-hybridized carbons (Fsp3) is 1.00. The van der Waals surface area contributed by atoms with E-state index in [1.165, 1.54) is 0 Å². The van der Waals surface area contributed by atoms with Crippen molar-refractivity contribution in [3.8, 4) is 0 Å². The van der Waals surface area contributed by atoms with E-state index >= 15 is 0 Å². The molecule has 11 heavy (non-hydrogen) atoms. The molecule has 0 bridgehead atoms. The maximum absolute atomic E-state index is 11.7. The first-order valence-electron chi connectivity index (χ1n) is 3.97. The average Bonchev–Trinajstić information content (AvgIpc) is 2.02. The molecule has 0 aromatic rings. The zero-order chi connectivity index (χ0) is 8.74. The summed E-state index contributed by atoms with van der Waals surface area (Å²) < 4.78 is 17.0. The van der Waals surface area contributed by atoms with E-state index in [0.29, 0.717) is 12.8 Å². The van der Waals surface area contributed by atoms with Crippen molar-refractivity contribution in [1.82, 2.24) is 0 Å². The highest BCUT2D eigenvalue weighted by Crippen LogP contribution is 2.46. The van der Waals surface area contributed by atoms with Crippen LogP contribution < -0.4 is 0 Å². The first-order chi connectivity index (χ1) is 5.18. The maximum atomic E-state index is 11.7. The van der Waals surface area contributed by atoms with Gasteiger partial charge in [-0.25, -0.2) is 0 Å². The van der Waals surface area contributed by atoms with Crippen LogP contribution in [0.3, 0.4) is 0 Å². The predicted molar refractivity (Wildman–Crippen MR) is 53.1 cm³/mol. The summed E-state index contributed by atoms with van der Waals surface area (Å²) in [7, 11) is -2.25. The maximum Gasteiger partial charge on any atom is 0.202 e. The minimum absolute atomic E-state index is 0.561. The van der Waals surface area contributed by atoms with Crippen LogP contribution in [0.1, 0.15) is 20.3 Å². The summed E-state index contributed by atoms with van der Waals surface area (Å²) in [6.07, 6.45) is 2.32. The highest BCUT2D eigenvalue weighted by atomic mass is 79.9. The molecule has 0 radical (unpaired) electrons. The number of alkyl halides is 1. The fourth-order valence-corrected chi connectivity index (χ4v) is 3.00. The van der Waals surface area contributed by atoms with Crippen molar-refractivity contribution in [3.05, 3.63) is 0 Å². The summed E-state index contributed by atoms with van der Waals surface area (Å²) >= 11 is 3.24. The Balaban J connectivity index is 3.79. The zero-order valence-electron chi connectivity index (χ0n) is 7.18. The summed E-state index contributed by atoms with van der Waals surface area (Å²) in [6.45, 7) is 4.51. The molecule has 0 heterocycles. The molecule has 0 saturated carbocycles. The Morgan fingerprint density at radius 2 is 2.09 bits per heavy atom. The van der Waals surface area contributed by atoms with Gasteiger partial charge in [-0.2, -0.15) is 0 Å². The van der Waals surface area contributed by atoms with Gasteiger partial charge in [0.05, 0.1) is 6.61 Å². The van der Waals surface area contributed by atoms with Gasteiger partial charge in [0, 0.05) is 17.7 Å². The first-order valence-corrected chi connectivity index (χ1v) is 7.08. The van der Waals surface area contributed by atoms with Gasteiger partial charge in [0.15, 0.2) is 0 Å². The Morgan fingerprint density at radius 3 is 2.45 bits per heavy atom. The lowest BCUT2D eigenvalue weighted by Crippen LogP contribution is -1.99. The summed E-state index contributed by atoms with van der Waals surface area (Å²) in [4.78, 5) is 0. The van der Waals surface area contributed by atoms with E-state index in [4.69, 9.17) is 4.52 Å². The zero-order valence-corrected chi connectivity index (χ0v) is 9.66. The van der Waals surface area contributed by atoms with Gasteiger partial charge < -0.3 is 4.52 Å². The fourth-order valence-electron chi connectivity index (χ4n) is 0.856. The van der Waals surface area contributed by atoms with Crippen LogP contribution in [0.5, 0.6) is 0 Å². The first kappa shape index (κ1) is 11.7. The summed E-state index contributed by atoms with van der Waals surface area (Å²) in [5.41, 5.74) is 0. The smallest absolute Gasteiger partial charge is 0.202 e. The molecule has 1 unspecified atom stereocenters. The molecule has 68 valence electrons. The quantitative estimate of drug-likeness (QED) is 0.529. The molecule has 1 atom stereocenters. The average molecular weight is 243 g/mol. The van der Waals surface area contributed by atoms with Gasteiger partial charge in [0.25, 0.3) is 0 Å². The van der Waals surface area contributed by atoms with Crippen molar-refractivity contribution in [2.75, 3.05) is 24.3 Å². The van der Waals surface area contributed by atoms with Crippen LogP contribution in [0, 0.1) is 0 Å². The second-order valence-corrected chi connectivity index (χ2v) is 6.14. The Morgan fingerprint density at radius 1 is 1.45 bits per heavy atom.